The Morgan fingerprint density at radius 3 is 1.50 bits per heavy atom. The van der Waals surface area contributed by atoms with Crippen LogP contribution in [0.15, 0.2) is 97.6 Å². The third-order valence-electron chi connectivity index (χ3n) is 8.57. The molecule has 0 aromatic carbocycles. The van der Waals surface area contributed by atoms with Crippen molar-refractivity contribution in [2.45, 2.75) is 25.2 Å². The first-order valence-electron chi connectivity index (χ1n) is 14.3. The van der Waals surface area contributed by atoms with E-state index in [1.165, 1.54) is 14.2 Å². The lowest BCUT2D eigenvalue weighted by Gasteiger charge is -2.61. The van der Waals surface area contributed by atoms with Gasteiger partial charge in [0.05, 0.1) is 49.1 Å². The number of nitrogens with zero attached hydrogens (tertiary/aromatic N) is 6. The van der Waals surface area contributed by atoms with Crippen LogP contribution >= 0.6 is 0 Å². The number of likely N-dealkylation sites (tertiary alicyclic amines) is 2. The molecule has 0 N–H and O–H groups in total. The zero-order valence-electron chi connectivity index (χ0n) is 24.4. The Morgan fingerprint density at radius 2 is 1.11 bits per heavy atom. The van der Waals surface area contributed by atoms with E-state index in [-0.39, 0.29) is 26.2 Å². The summed E-state index contributed by atoms with van der Waals surface area (Å²) in [6.07, 6.45) is 6.60. The van der Waals surface area contributed by atoms with Gasteiger partial charge in [-0.25, -0.2) is 0 Å². The van der Waals surface area contributed by atoms with Gasteiger partial charge in [-0.15, -0.1) is 0 Å². The van der Waals surface area contributed by atoms with Gasteiger partial charge in [-0.1, -0.05) is 24.3 Å². The van der Waals surface area contributed by atoms with Crippen molar-refractivity contribution in [1.82, 2.24) is 29.7 Å². The topological polar surface area (TPSA) is 128 Å². The smallest absolute Gasteiger partial charge is 0.322 e. The average Bonchev–Trinajstić information content (AvgIpc) is 3.07. The van der Waals surface area contributed by atoms with Gasteiger partial charge in [0.1, 0.15) is 0 Å². The minimum Gasteiger partial charge on any atom is -0.468 e. The molecular formula is C33H32N6O5. The summed E-state index contributed by atoms with van der Waals surface area (Å²) < 4.78 is 10.9. The number of Topliss-reactive ketones (excluding diaryl/α,β-unsaturated/α-hetero) is 1. The summed E-state index contributed by atoms with van der Waals surface area (Å²) in [5, 5.41) is 0. The number of piperidine rings is 2. The van der Waals surface area contributed by atoms with Gasteiger partial charge in [-0.05, 0) is 48.5 Å². The molecule has 2 aliphatic heterocycles. The molecule has 0 aliphatic carbocycles. The van der Waals surface area contributed by atoms with Crippen molar-refractivity contribution in [1.29, 1.82) is 0 Å². The molecule has 4 aromatic rings. The molecule has 4 aromatic heterocycles. The molecule has 11 heteroatoms. The number of ether oxygens (including phenoxy) is 2. The van der Waals surface area contributed by atoms with E-state index in [0.717, 1.165) is 0 Å². The molecule has 6 rings (SSSR count). The van der Waals surface area contributed by atoms with E-state index >= 15 is 4.79 Å². The van der Waals surface area contributed by atoms with Gasteiger partial charge in [0.15, 0.2) is 16.6 Å². The molecule has 0 amide bonds. The number of carbonyl (C=O) groups is 3. The SMILES string of the molecule is COC(=O)[C@]12CN(Cc3ccccn3)C[C@](C(=O)OC)(C1=O)[C@@H](c1ccccn1)N(Cc1ccccn1)[C@H]2c1ccccn1. The van der Waals surface area contributed by atoms with Crippen LogP contribution in [0.1, 0.15) is 34.9 Å². The maximum atomic E-state index is 15.3. The molecule has 2 aliphatic rings. The van der Waals surface area contributed by atoms with E-state index in [9.17, 15) is 9.59 Å². The maximum absolute atomic E-state index is 15.3. The Kier molecular flexibility index (Phi) is 7.98. The van der Waals surface area contributed by atoms with Gasteiger partial charge in [0.2, 0.25) is 0 Å². The number of carbonyl (C=O) groups excluding carboxylic acids is 3. The Bertz CT molecular complexity index is 1550. The highest BCUT2D eigenvalue weighted by Crippen LogP contribution is 2.61. The van der Waals surface area contributed by atoms with E-state index in [2.05, 4.69) is 19.9 Å². The van der Waals surface area contributed by atoms with E-state index in [1.807, 2.05) is 58.3 Å². The Labute approximate surface area is 254 Å². The molecule has 0 radical (unpaired) electrons. The molecule has 2 fully saturated rings. The lowest BCUT2D eigenvalue weighted by molar-refractivity contribution is -0.207. The van der Waals surface area contributed by atoms with Gasteiger partial charge in [0, 0.05) is 51.0 Å². The highest BCUT2D eigenvalue weighted by Gasteiger charge is 2.75. The summed E-state index contributed by atoms with van der Waals surface area (Å²) >= 11 is 0. The third kappa shape index (κ3) is 4.74. The van der Waals surface area contributed by atoms with Crippen LogP contribution in [0.5, 0.6) is 0 Å². The zero-order chi connectivity index (χ0) is 30.7. The fourth-order valence-electron chi connectivity index (χ4n) is 6.96. The summed E-state index contributed by atoms with van der Waals surface area (Å²) in [6.45, 7) is 0.371. The number of pyridine rings is 4. The van der Waals surface area contributed by atoms with Crippen LogP contribution in [0, 0.1) is 10.8 Å². The van der Waals surface area contributed by atoms with Crippen molar-refractivity contribution < 1.29 is 23.9 Å². The number of fused-ring (bicyclic) bond motifs is 2. The molecule has 0 spiro atoms. The molecular weight excluding hydrogens is 560 g/mol. The van der Waals surface area contributed by atoms with Crippen molar-refractivity contribution in [2.24, 2.45) is 10.8 Å². The zero-order valence-corrected chi connectivity index (χ0v) is 24.4. The van der Waals surface area contributed by atoms with E-state index in [0.29, 0.717) is 22.8 Å². The Balaban J connectivity index is 1.67. The maximum Gasteiger partial charge on any atom is 0.322 e. The number of rotatable bonds is 8. The average molecular weight is 593 g/mol. The van der Waals surface area contributed by atoms with Crippen molar-refractivity contribution in [3.8, 4) is 0 Å². The minimum absolute atomic E-state index is 0.0390. The highest BCUT2D eigenvalue weighted by atomic mass is 16.5. The van der Waals surface area contributed by atoms with Gasteiger partial charge < -0.3 is 9.47 Å². The van der Waals surface area contributed by atoms with Crippen molar-refractivity contribution in [2.75, 3.05) is 27.3 Å². The van der Waals surface area contributed by atoms with E-state index in [4.69, 9.17) is 9.47 Å². The Morgan fingerprint density at radius 1 is 0.682 bits per heavy atom. The van der Waals surface area contributed by atoms with Crippen LogP contribution in [0.4, 0.5) is 0 Å². The van der Waals surface area contributed by atoms with Crippen molar-refractivity contribution in [3.63, 3.8) is 0 Å². The number of hydrogen-bond donors (Lipinski definition) is 0. The predicted octanol–water partition coefficient (Wildman–Crippen LogP) is 2.97. The minimum atomic E-state index is -1.87. The van der Waals surface area contributed by atoms with Crippen LogP contribution in [0.25, 0.3) is 0 Å². The Hall–Kier alpha value is -4.87. The predicted molar refractivity (Wildman–Crippen MR) is 157 cm³/mol. The van der Waals surface area contributed by atoms with Crippen LogP contribution < -0.4 is 0 Å². The van der Waals surface area contributed by atoms with E-state index < -0.39 is 40.6 Å². The summed E-state index contributed by atoms with van der Waals surface area (Å²) in [5.41, 5.74) is -1.40. The van der Waals surface area contributed by atoms with E-state index in [1.54, 1.807) is 49.1 Å². The standard InChI is InChI=1S/C33H32N6O5/c1-43-30(41)32-21-38(19-23-11-3-7-15-34-23)22-33(29(32)40,31(42)44-2)28(26-14-6-10-18-37-26)39(20-24-12-4-8-16-35-24)27(32)25-13-5-9-17-36-25/h3-18,27-28H,19-22H2,1-2H3/t27-,28+,32-,33+. The molecule has 0 unspecified atom stereocenters. The third-order valence-corrected chi connectivity index (χ3v) is 8.57. The van der Waals surface area contributed by atoms with Crippen molar-refractivity contribution in [3.05, 3.63) is 120 Å². The molecule has 2 saturated heterocycles. The summed E-state index contributed by atoms with van der Waals surface area (Å²) in [7, 11) is 2.51. The van der Waals surface area contributed by atoms with Gasteiger partial charge in [-0.3, -0.25) is 44.1 Å². The number of hydrogen-bond acceptors (Lipinski definition) is 11. The lowest BCUT2D eigenvalue weighted by atomic mass is 9.54. The summed E-state index contributed by atoms with van der Waals surface area (Å²) in [4.78, 5) is 66.1. The second-order valence-corrected chi connectivity index (χ2v) is 11.0. The second kappa shape index (κ2) is 12.0. The van der Waals surface area contributed by atoms with Gasteiger partial charge in [-0.2, -0.15) is 0 Å². The van der Waals surface area contributed by atoms with Crippen LogP contribution in [-0.4, -0.2) is 74.8 Å². The molecule has 0 saturated carbocycles. The fourth-order valence-corrected chi connectivity index (χ4v) is 6.96. The summed E-state index contributed by atoms with van der Waals surface area (Å²) in [5.74, 6) is -2.10. The van der Waals surface area contributed by atoms with Gasteiger partial charge >= 0.3 is 11.9 Å². The highest BCUT2D eigenvalue weighted by molar-refractivity contribution is 6.17. The molecule has 11 nitrogen and oxygen atoms in total. The molecule has 224 valence electrons. The normalized spacial score (nSPS) is 25.3. The van der Waals surface area contributed by atoms with Crippen LogP contribution in [0.3, 0.4) is 0 Å². The number of methoxy groups -OCH3 is 2. The first-order valence-corrected chi connectivity index (χ1v) is 14.3. The van der Waals surface area contributed by atoms with Crippen molar-refractivity contribution >= 4 is 17.7 Å². The summed E-state index contributed by atoms with van der Waals surface area (Å²) in [6, 6.07) is 19.9. The number of aromatic nitrogens is 4. The second-order valence-electron chi connectivity index (χ2n) is 11.0. The molecule has 44 heavy (non-hydrogen) atoms. The lowest BCUT2D eigenvalue weighted by Crippen LogP contribution is -2.75. The first kappa shape index (κ1) is 29.2. The number of ketones is 1. The van der Waals surface area contributed by atoms with Gasteiger partial charge in [0.25, 0.3) is 0 Å². The fraction of sp³-hybridized carbons (Fsp3) is 0.303. The van der Waals surface area contributed by atoms with Crippen LogP contribution in [0.2, 0.25) is 0 Å². The van der Waals surface area contributed by atoms with Crippen LogP contribution in [-0.2, 0) is 36.9 Å². The molecule has 6 heterocycles. The largest absolute Gasteiger partial charge is 0.468 e. The monoisotopic (exact) mass is 592 g/mol. The number of esters is 2. The molecule has 2 bridgehead atoms. The molecule has 4 atom stereocenters. The first-order chi connectivity index (χ1) is 21.5. The quantitative estimate of drug-likeness (QED) is 0.221.